The number of nitrogens with one attached hydrogen (secondary N) is 1. The Kier molecular flexibility index (Phi) is 4.49. The van der Waals surface area contributed by atoms with E-state index in [4.69, 9.17) is 6.57 Å². The van der Waals surface area contributed by atoms with Crippen LogP contribution in [0.15, 0.2) is 0 Å². The first-order chi connectivity index (χ1) is 5.26. The molecule has 1 N–H and O–H groups in total. The van der Waals surface area contributed by atoms with Crippen LogP contribution in [0, 0.1) is 6.57 Å². The number of ether oxygens (including phenoxy) is 1. The highest BCUT2D eigenvalue weighted by Crippen LogP contribution is 1.88. The Labute approximate surface area is 64.2 Å². The molecule has 60 valence electrons. The highest BCUT2D eigenvalue weighted by Gasteiger charge is 2.22. The third-order valence-electron chi connectivity index (χ3n) is 0.865. The van der Waals surface area contributed by atoms with Crippen LogP contribution in [0.3, 0.4) is 0 Å². The van der Waals surface area contributed by atoms with Crippen molar-refractivity contribution in [1.29, 1.82) is 0 Å². The quantitative estimate of drug-likeness (QED) is 0.340. The summed E-state index contributed by atoms with van der Waals surface area (Å²) in [6, 6.07) is 0. The van der Waals surface area contributed by atoms with Crippen LogP contribution in [0.4, 0.5) is 0 Å². The smallest absolute Gasteiger partial charge is 0.413 e. The topological polar surface area (TPSA) is 59.8 Å². The van der Waals surface area contributed by atoms with Crippen LogP contribution in [-0.4, -0.2) is 25.2 Å². The Balaban J connectivity index is 3.94. The highest BCUT2D eigenvalue weighted by molar-refractivity contribution is 5.79. The maximum atomic E-state index is 10.7. The molecular formula is C6H8N2O3. The molecule has 5 nitrogen and oxygen atoms in total. The zero-order valence-electron chi connectivity index (χ0n) is 6.03. The second kappa shape index (κ2) is 5.23. The van der Waals surface area contributed by atoms with Crippen molar-refractivity contribution >= 4 is 12.4 Å². The summed E-state index contributed by atoms with van der Waals surface area (Å²) in [5, 5.41) is 2.01. The molecule has 11 heavy (non-hydrogen) atoms. The normalized spacial score (nSPS) is 10.9. The van der Waals surface area contributed by atoms with E-state index < -0.39 is 12.1 Å². The average molecular weight is 156 g/mol. The first kappa shape index (κ1) is 9.43. The number of rotatable bonds is 4. The summed E-state index contributed by atoms with van der Waals surface area (Å²) in [5.41, 5.74) is 0. The second-order valence-corrected chi connectivity index (χ2v) is 1.57. The van der Waals surface area contributed by atoms with Gasteiger partial charge < -0.3 is 4.74 Å². The molecule has 0 rings (SSSR count). The molecule has 0 saturated carbocycles. The first-order valence-corrected chi connectivity index (χ1v) is 2.99. The molecule has 1 unspecified atom stereocenters. The van der Waals surface area contributed by atoms with Crippen molar-refractivity contribution in [3.05, 3.63) is 11.4 Å². The number of carbonyl (C=O) groups excluding carboxylic acids is 2. The minimum atomic E-state index is -1.20. The molecule has 0 aromatic carbocycles. The summed E-state index contributed by atoms with van der Waals surface area (Å²) < 4.78 is 4.47. The monoisotopic (exact) mass is 156 g/mol. The minimum absolute atomic E-state index is 0.200. The van der Waals surface area contributed by atoms with Gasteiger partial charge in [-0.2, -0.15) is 0 Å². The molecule has 1 atom stereocenters. The van der Waals surface area contributed by atoms with Gasteiger partial charge in [-0.3, -0.25) is 15.0 Å². The van der Waals surface area contributed by atoms with Crippen molar-refractivity contribution in [2.45, 2.75) is 13.1 Å². The van der Waals surface area contributed by atoms with Gasteiger partial charge in [0, 0.05) is 0 Å². The van der Waals surface area contributed by atoms with E-state index in [-0.39, 0.29) is 6.61 Å². The highest BCUT2D eigenvalue weighted by atomic mass is 16.5. The summed E-state index contributed by atoms with van der Waals surface area (Å²) in [5.74, 6) is -0.727. The van der Waals surface area contributed by atoms with Crippen molar-refractivity contribution in [2.75, 3.05) is 6.61 Å². The number of nitrogens with zero attached hydrogens (tertiary/aromatic N) is 1. The number of esters is 1. The molecule has 0 aromatic rings. The van der Waals surface area contributed by atoms with Crippen molar-refractivity contribution in [2.24, 2.45) is 0 Å². The largest absolute Gasteiger partial charge is 0.459 e. The molecule has 0 spiro atoms. The molecule has 0 aliphatic rings. The standard InChI is InChI=1S/C6H8N2O3/c1-3-11-6(10)5(7-2)8-4-9/h4-5H,3H2,1H3,(H,8,9). The third kappa shape index (κ3) is 3.20. The van der Waals surface area contributed by atoms with E-state index in [0.717, 1.165) is 0 Å². The predicted molar refractivity (Wildman–Crippen MR) is 36.2 cm³/mol. The fourth-order valence-corrected chi connectivity index (χ4v) is 0.444. The molecule has 0 heterocycles. The van der Waals surface area contributed by atoms with Gasteiger partial charge in [-0.05, 0) is 6.92 Å². The third-order valence-corrected chi connectivity index (χ3v) is 0.865. The molecule has 0 radical (unpaired) electrons. The zero-order valence-corrected chi connectivity index (χ0v) is 6.03. The lowest BCUT2D eigenvalue weighted by molar-refractivity contribution is -0.145. The lowest BCUT2D eigenvalue weighted by Crippen LogP contribution is -2.34. The van der Waals surface area contributed by atoms with Gasteiger partial charge in [0.05, 0.1) is 6.61 Å². The van der Waals surface area contributed by atoms with Crippen molar-refractivity contribution in [3.8, 4) is 0 Å². The van der Waals surface area contributed by atoms with Crippen LogP contribution in [0.1, 0.15) is 6.92 Å². The Bertz CT molecular complexity index is 185. The summed E-state index contributed by atoms with van der Waals surface area (Å²) in [6.07, 6.45) is -0.910. The van der Waals surface area contributed by atoms with Gasteiger partial charge in [-0.1, -0.05) is 0 Å². The molecule has 0 fully saturated rings. The van der Waals surface area contributed by atoms with Gasteiger partial charge in [-0.15, -0.1) is 0 Å². The molecule has 0 bridgehead atoms. The fourth-order valence-electron chi connectivity index (χ4n) is 0.444. The van der Waals surface area contributed by atoms with Gasteiger partial charge in [0.2, 0.25) is 6.41 Å². The summed E-state index contributed by atoms with van der Waals surface area (Å²) in [6.45, 7) is 8.30. The van der Waals surface area contributed by atoms with Crippen LogP contribution < -0.4 is 5.32 Å². The number of carbonyl (C=O) groups is 2. The van der Waals surface area contributed by atoms with Gasteiger partial charge in [0.15, 0.2) is 0 Å². The van der Waals surface area contributed by atoms with Crippen LogP contribution in [0.25, 0.3) is 4.85 Å². The Hall–Kier alpha value is -1.57. The second-order valence-electron chi connectivity index (χ2n) is 1.57. The van der Waals surface area contributed by atoms with E-state index >= 15 is 0 Å². The molecule has 0 aromatic heterocycles. The van der Waals surface area contributed by atoms with Crippen molar-refractivity contribution in [3.63, 3.8) is 0 Å². The summed E-state index contributed by atoms with van der Waals surface area (Å²) in [4.78, 5) is 23.4. The van der Waals surface area contributed by atoms with E-state index in [0.29, 0.717) is 6.41 Å². The van der Waals surface area contributed by atoms with Crippen LogP contribution >= 0.6 is 0 Å². The van der Waals surface area contributed by atoms with Gasteiger partial charge in [0.25, 0.3) is 0 Å². The van der Waals surface area contributed by atoms with Crippen molar-refractivity contribution in [1.82, 2.24) is 5.32 Å². The zero-order chi connectivity index (χ0) is 8.69. The van der Waals surface area contributed by atoms with E-state index in [9.17, 15) is 9.59 Å². The number of amides is 1. The van der Waals surface area contributed by atoms with E-state index in [1.54, 1.807) is 6.92 Å². The van der Waals surface area contributed by atoms with Gasteiger partial charge in [-0.25, -0.2) is 11.4 Å². The molecule has 1 amide bonds. The number of hydrogen-bond acceptors (Lipinski definition) is 3. The summed E-state index contributed by atoms with van der Waals surface area (Å²) in [7, 11) is 0. The molecule has 0 aliphatic heterocycles. The minimum Gasteiger partial charge on any atom is -0.459 e. The van der Waals surface area contributed by atoms with Crippen LogP contribution in [-0.2, 0) is 14.3 Å². The molecule has 0 aliphatic carbocycles. The first-order valence-electron chi connectivity index (χ1n) is 2.99. The maximum absolute atomic E-state index is 10.7. The van der Waals surface area contributed by atoms with Gasteiger partial charge >= 0.3 is 12.1 Å². The van der Waals surface area contributed by atoms with Gasteiger partial charge in [0.1, 0.15) is 0 Å². The predicted octanol–water partition coefficient (Wildman–Crippen LogP) is -0.459. The fraction of sp³-hybridized carbons (Fsp3) is 0.500. The lowest BCUT2D eigenvalue weighted by Gasteiger charge is -2.01. The average Bonchev–Trinajstić information content (AvgIpc) is 2.00. The lowest BCUT2D eigenvalue weighted by atomic mass is 10.5. The summed E-state index contributed by atoms with van der Waals surface area (Å²) >= 11 is 0. The molecule has 0 saturated heterocycles. The number of hydrogen-bond donors (Lipinski definition) is 1. The SMILES string of the molecule is [C-]#[N+]C(NC=O)C(=O)OCC. The van der Waals surface area contributed by atoms with Crippen LogP contribution in [0.5, 0.6) is 0 Å². The Morgan fingerprint density at radius 1 is 1.91 bits per heavy atom. The molecular weight excluding hydrogens is 148 g/mol. The Morgan fingerprint density at radius 2 is 2.55 bits per heavy atom. The van der Waals surface area contributed by atoms with E-state index in [1.165, 1.54) is 0 Å². The van der Waals surface area contributed by atoms with Crippen LogP contribution in [0.2, 0.25) is 0 Å². The maximum Gasteiger partial charge on any atom is 0.413 e. The van der Waals surface area contributed by atoms with E-state index in [1.807, 2.05) is 5.32 Å². The van der Waals surface area contributed by atoms with Crippen molar-refractivity contribution < 1.29 is 14.3 Å². The van der Waals surface area contributed by atoms with E-state index in [2.05, 4.69) is 9.58 Å². The molecule has 5 heteroatoms. The Morgan fingerprint density at radius 3 is 2.91 bits per heavy atom.